The average molecular weight is 299 g/mol. The van der Waals surface area contributed by atoms with Crippen LogP contribution in [0.3, 0.4) is 0 Å². The third kappa shape index (κ3) is 4.21. The molecule has 5 nitrogen and oxygen atoms in total. The molecule has 0 fully saturated rings. The van der Waals surface area contributed by atoms with Crippen LogP contribution in [0.1, 0.15) is 26.7 Å². The van der Waals surface area contributed by atoms with Gasteiger partial charge >= 0.3 is 5.97 Å². The van der Waals surface area contributed by atoms with E-state index in [0.717, 1.165) is 0 Å². The average Bonchev–Trinajstić information content (AvgIpc) is 2.40. The SMILES string of the molecule is CCC(CC)(NCC(=O)Nc1cccc(Cl)c1)C(=O)O. The van der Waals surface area contributed by atoms with E-state index in [4.69, 9.17) is 11.6 Å². The summed E-state index contributed by atoms with van der Waals surface area (Å²) in [5.41, 5.74) is -0.482. The highest BCUT2D eigenvalue weighted by atomic mass is 35.5. The maximum atomic E-state index is 11.8. The largest absolute Gasteiger partial charge is 0.480 e. The summed E-state index contributed by atoms with van der Waals surface area (Å²) in [6.45, 7) is 3.49. The molecule has 1 aromatic carbocycles. The Hall–Kier alpha value is -1.59. The Morgan fingerprint density at radius 3 is 2.45 bits per heavy atom. The smallest absolute Gasteiger partial charge is 0.323 e. The Labute approximate surface area is 123 Å². The lowest BCUT2D eigenvalue weighted by atomic mass is 9.93. The van der Waals surface area contributed by atoms with Crippen LogP contribution in [0.25, 0.3) is 0 Å². The fraction of sp³-hybridized carbons (Fsp3) is 0.429. The summed E-state index contributed by atoms with van der Waals surface area (Å²) in [6.07, 6.45) is 0.812. The number of carboxylic acids is 1. The summed E-state index contributed by atoms with van der Waals surface area (Å²) in [5.74, 6) is -1.25. The molecule has 20 heavy (non-hydrogen) atoms. The lowest BCUT2D eigenvalue weighted by molar-refractivity contribution is -0.145. The van der Waals surface area contributed by atoms with Crippen LogP contribution >= 0.6 is 11.6 Å². The zero-order chi connectivity index (χ0) is 15.2. The number of aliphatic carboxylic acids is 1. The molecule has 6 heteroatoms. The molecule has 0 atom stereocenters. The van der Waals surface area contributed by atoms with Crippen LogP contribution in [0.4, 0.5) is 5.69 Å². The molecule has 0 heterocycles. The first-order valence-corrected chi connectivity index (χ1v) is 6.85. The zero-order valence-electron chi connectivity index (χ0n) is 11.6. The molecule has 1 rings (SSSR count). The fourth-order valence-corrected chi connectivity index (χ4v) is 2.09. The molecule has 0 aliphatic heterocycles. The molecule has 110 valence electrons. The quantitative estimate of drug-likeness (QED) is 0.723. The van der Waals surface area contributed by atoms with Crippen molar-refractivity contribution in [3.05, 3.63) is 29.3 Å². The molecule has 0 unspecified atom stereocenters. The summed E-state index contributed by atoms with van der Waals surface area (Å²) >= 11 is 5.82. The van der Waals surface area contributed by atoms with E-state index in [0.29, 0.717) is 23.6 Å². The first-order chi connectivity index (χ1) is 9.43. The highest BCUT2D eigenvalue weighted by Gasteiger charge is 2.34. The molecule has 0 spiro atoms. The van der Waals surface area contributed by atoms with Gasteiger partial charge in [-0.1, -0.05) is 31.5 Å². The van der Waals surface area contributed by atoms with Crippen LogP contribution < -0.4 is 10.6 Å². The number of carbonyl (C=O) groups is 2. The number of rotatable bonds is 7. The third-order valence-electron chi connectivity index (χ3n) is 3.31. The number of carbonyl (C=O) groups excluding carboxylic acids is 1. The number of carboxylic acid groups (broad SMARTS) is 1. The van der Waals surface area contributed by atoms with Crippen LogP contribution in [0.2, 0.25) is 5.02 Å². The molecule has 0 radical (unpaired) electrons. The maximum Gasteiger partial charge on any atom is 0.323 e. The van der Waals surface area contributed by atoms with Gasteiger partial charge in [0.1, 0.15) is 5.54 Å². The van der Waals surface area contributed by atoms with E-state index in [1.54, 1.807) is 38.1 Å². The molecule has 0 aromatic heterocycles. The van der Waals surface area contributed by atoms with Crippen molar-refractivity contribution in [2.75, 3.05) is 11.9 Å². The minimum Gasteiger partial charge on any atom is -0.480 e. The van der Waals surface area contributed by atoms with E-state index >= 15 is 0 Å². The topological polar surface area (TPSA) is 78.4 Å². The van der Waals surface area contributed by atoms with Gasteiger partial charge in [0.15, 0.2) is 0 Å². The van der Waals surface area contributed by atoms with Gasteiger partial charge in [-0.3, -0.25) is 14.9 Å². The molecule has 3 N–H and O–H groups in total. The van der Waals surface area contributed by atoms with Crippen molar-refractivity contribution in [2.45, 2.75) is 32.2 Å². The fourth-order valence-electron chi connectivity index (χ4n) is 1.90. The first-order valence-electron chi connectivity index (χ1n) is 6.47. The first kappa shape index (κ1) is 16.5. The van der Waals surface area contributed by atoms with E-state index in [-0.39, 0.29) is 12.5 Å². The van der Waals surface area contributed by atoms with Gasteiger partial charge in [-0.05, 0) is 31.0 Å². The molecular weight excluding hydrogens is 280 g/mol. The minimum absolute atomic E-state index is 0.0690. The summed E-state index contributed by atoms with van der Waals surface area (Å²) in [6, 6.07) is 6.78. The van der Waals surface area contributed by atoms with Crippen LogP contribution in [0.5, 0.6) is 0 Å². The number of amides is 1. The van der Waals surface area contributed by atoms with E-state index in [2.05, 4.69) is 10.6 Å². The van der Waals surface area contributed by atoms with Gasteiger partial charge in [-0.15, -0.1) is 0 Å². The summed E-state index contributed by atoms with van der Waals surface area (Å²) in [7, 11) is 0. The minimum atomic E-state index is -1.06. The van der Waals surface area contributed by atoms with Crippen molar-refractivity contribution in [1.82, 2.24) is 5.32 Å². The van der Waals surface area contributed by atoms with Gasteiger partial charge in [0.2, 0.25) is 5.91 Å². The van der Waals surface area contributed by atoms with E-state index in [1.165, 1.54) is 0 Å². The molecule has 0 aliphatic rings. The predicted molar refractivity (Wildman–Crippen MR) is 79.0 cm³/mol. The zero-order valence-corrected chi connectivity index (χ0v) is 12.3. The van der Waals surface area contributed by atoms with Crippen LogP contribution in [-0.4, -0.2) is 29.1 Å². The number of benzene rings is 1. The number of nitrogens with one attached hydrogen (secondary N) is 2. The van der Waals surface area contributed by atoms with E-state index in [1.807, 2.05) is 0 Å². The van der Waals surface area contributed by atoms with Crippen molar-refractivity contribution >= 4 is 29.2 Å². The van der Waals surface area contributed by atoms with Crippen molar-refractivity contribution < 1.29 is 14.7 Å². The van der Waals surface area contributed by atoms with Gasteiger partial charge < -0.3 is 10.4 Å². The van der Waals surface area contributed by atoms with Crippen LogP contribution in [-0.2, 0) is 9.59 Å². The van der Waals surface area contributed by atoms with Gasteiger partial charge in [-0.2, -0.15) is 0 Å². The maximum absolute atomic E-state index is 11.8. The van der Waals surface area contributed by atoms with Crippen molar-refractivity contribution in [3.8, 4) is 0 Å². The second-order valence-electron chi connectivity index (χ2n) is 4.51. The molecule has 0 bridgehead atoms. The lowest BCUT2D eigenvalue weighted by Crippen LogP contribution is -2.53. The Morgan fingerprint density at radius 2 is 1.95 bits per heavy atom. The number of hydrogen-bond donors (Lipinski definition) is 3. The highest BCUT2D eigenvalue weighted by molar-refractivity contribution is 6.30. The Balaban J connectivity index is 2.61. The lowest BCUT2D eigenvalue weighted by Gasteiger charge is -2.27. The van der Waals surface area contributed by atoms with Crippen molar-refractivity contribution in [3.63, 3.8) is 0 Å². The molecule has 1 aromatic rings. The summed E-state index contributed by atoms with van der Waals surface area (Å²) in [5, 5.41) is 15.3. The van der Waals surface area contributed by atoms with Crippen molar-refractivity contribution in [2.24, 2.45) is 0 Å². The highest BCUT2D eigenvalue weighted by Crippen LogP contribution is 2.16. The van der Waals surface area contributed by atoms with Gasteiger partial charge in [0.25, 0.3) is 0 Å². The monoisotopic (exact) mass is 298 g/mol. The van der Waals surface area contributed by atoms with Gasteiger partial charge in [-0.25, -0.2) is 0 Å². The van der Waals surface area contributed by atoms with Gasteiger partial charge in [0, 0.05) is 10.7 Å². The molecule has 1 amide bonds. The Bertz CT molecular complexity index is 487. The Morgan fingerprint density at radius 1 is 1.30 bits per heavy atom. The molecule has 0 saturated heterocycles. The predicted octanol–water partition coefficient (Wildman–Crippen LogP) is 2.51. The third-order valence-corrected chi connectivity index (χ3v) is 3.55. The normalized spacial score (nSPS) is 11.2. The number of hydrogen-bond acceptors (Lipinski definition) is 3. The molecule has 0 aliphatic carbocycles. The van der Waals surface area contributed by atoms with Crippen LogP contribution in [0.15, 0.2) is 24.3 Å². The molecular formula is C14H19ClN2O3. The molecule has 0 saturated carbocycles. The number of halogens is 1. The van der Waals surface area contributed by atoms with Gasteiger partial charge in [0.05, 0.1) is 6.54 Å². The second-order valence-corrected chi connectivity index (χ2v) is 4.94. The standard InChI is InChI=1S/C14H19ClN2O3/c1-3-14(4-2,13(19)20)16-9-12(18)17-11-7-5-6-10(15)8-11/h5-8,16H,3-4,9H2,1-2H3,(H,17,18)(H,19,20). The number of anilines is 1. The van der Waals surface area contributed by atoms with E-state index < -0.39 is 11.5 Å². The second kappa shape index (κ2) is 7.26. The van der Waals surface area contributed by atoms with E-state index in [9.17, 15) is 14.7 Å². The summed E-state index contributed by atoms with van der Waals surface area (Å²) in [4.78, 5) is 23.1. The summed E-state index contributed by atoms with van der Waals surface area (Å²) < 4.78 is 0. The van der Waals surface area contributed by atoms with Crippen molar-refractivity contribution in [1.29, 1.82) is 0 Å². The Kier molecular flexibility index (Phi) is 5.98. The van der Waals surface area contributed by atoms with Crippen LogP contribution in [0, 0.1) is 0 Å².